The number of hydrogen-bond acceptors (Lipinski definition) is 20. The lowest BCUT2D eigenvalue weighted by Gasteiger charge is -2.53. The molecule has 0 saturated carbocycles. The van der Waals surface area contributed by atoms with E-state index in [1.807, 2.05) is 45.8 Å². The SMILES string of the molecule is CCC(C)C[Si]12O[Si]3(C)O[Si]4(C)O[Si]5(C)O[Si](C)(O3)O[Si](C)(O1)[Si](C)(O5)O[Si](C)(O4)O2.CCC(C)[Si]1(C)C[Si](C)(C)C[Si](C)(C)C[Si](C)(C)C1.CCC(C)[Si]1(C)O[Si](C)(C)O[Si](C)(C)O[Si](C)(C)O1.CCC(C)[Si]1(C)O[Si](C)(C)O[Si](C)(C)O[Si](C)(C)O[Si](C)(C)O1. The van der Waals surface area contributed by atoms with Crippen molar-refractivity contribution < 1.29 is 82.3 Å². The van der Waals surface area contributed by atoms with Crippen molar-refractivity contribution in [1.82, 2.24) is 0 Å². The molecule has 0 amide bonds. The van der Waals surface area contributed by atoms with E-state index in [2.05, 4.69) is 206 Å². The Morgan fingerprint density at radius 2 is 0.467 bits per heavy atom. The van der Waals surface area contributed by atoms with Gasteiger partial charge in [0.25, 0.3) is 0 Å². The van der Waals surface area contributed by atoms with Crippen molar-refractivity contribution in [2.24, 2.45) is 5.92 Å². The summed E-state index contributed by atoms with van der Waals surface area (Å²) in [6.07, 6.45) is 4.48. The second kappa shape index (κ2) is 28.6. The Labute approximate surface area is 584 Å². The Bertz CT molecular complexity index is 2410. The molecule has 544 valence electrons. The largest absolute Gasteiger partial charge is 0.477 e. The molecule has 41 heteroatoms. The first kappa shape index (κ1) is 86.4. The molecule has 0 aromatic carbocycles. The van der Waals surface area contributed by atoms with Gasteiger partial charge in [0.1, 0.15) is 0 Å². The fourth-order valence-corrected chi connectivity index (χ4v) is 172. The Morgan fingerprint density at radius 3 is 0.739 bits per heavy atom. The van der Waals surface area contributed by atoms with Crippen LogP contribution >= 0.6 is 0 Å². The van der Waals surface area contributed by atoms with E-state index in [0.717, 1.165) is 24.8 Å². The highest BCUT2D eigenvalue weighted by molar-refractivity contribution is 7.37. The smallest absolute Gasteiger partial charge is 0.416 e. The average molecular weight is 1660 g/mol. The predicted molar refractivity (Wildman–Crippen MR) is 421 cm³/mol. The molecule has 0 aliphatic carbocycles. The Hall–Kier alpha value is 3.75. The van der Waals surface area contributed by atoms with Gasteiger partial charge in [-0.15, -0.1) is 0 Å². The zero-order valence-electron chi connectivity index (χ0n) is 65.3. The Balaban J connectivity index is 0.000000228. The van der Waals surface area contributed by atoms with Crippen LogP contribution in [0.25, 0.3) is 0 Å². The fourth-order valence-electron chi connectivity index (χ4n) is 17.2. The molecular weight excluding hydrogens is 1520 g/mol. The quantitative estimate of drug-likeness (QED) is 0.198. The zero-order valence-corrected chi connectivity index (χ0v) is 86.3. The van der Waals surface area contributed by atoms with Gasteiger partial charge in [-0.1, -0.05) is 150 Å². The number of hydrogen-bond donors (Lipinski definition) is 0. The van der Waals surface area contributed by atoms with E-state index in [4.69, 9.17) is 82.3 Å². The predicted octanol–water partition coefficient (Wildman–Crippen LogP) is 17.3. The first-order valence-corrected chi connectivity index (χ1v) is 91.1. The lowest BCUT2D eigenvalue weighted by Crippen LogP contribution is -2.78. The van der Waals surface area contributed by atoms with Crippen LogP contribution in [0.2, 0.25) is 242 Å². The highest BCUT2D eigenvalue weighted by Crippen LogP contribution is 2.53. The van der Waals surface area contributed by atoms with Crippen molar-refractivity contribution in [2.75, 3.05) is 0 Å². The van der Waals surface area contributed by atoms with Crippen molar-refractivity contribution in [3.63, 3.8) is 0 Å². The maximum Gasteiger partial charge on any atom is 0.477 e. The van der Waals surface area contributed by atoms with Crippen molar-refractivity contribution >= 4 is 178 Å². The summed E-state index contributed by atoms with van der Waals surface area (Å²) >= 11 is 0. The lowest BCUT2D eigenvalue weighted by atomic mass is 10.2. The van der Waals surface area contributed by atoms with E-state index in [1.165, 1.54) is 6.42 Å². The molecule has 0 aromatic rings. The van der Waals surface area contributed by atoms with Gasteiger partial charge < -0.3 is 82.3 Å². The minimum atomic E-state index is -3.41. The van der Waals surface area contributed by atoms with Gasteiger partial charge in [-0.25, -0.2) is 0 Å². The molecule has 12 unspecified atom stereocenters. The van der Waals surface area contributed by atoms with Crippen molar-refractivity contribution in [3.8, 4) is 0 Å². The van der Waals surface area contributed by atoms with E-state index in [9.17, 15) is 0 Å². The second-order valence-corrected chi connectivity index (χ2v) is 120. The lowest BCUT2D eigenvalue weighted by molar-refractivity contribution is 0.0329. The third kappa shape index (κ3) is 22.9. The summed E-state index contributed by atoms with van der Waals surface area (Å²) in [5, 5.41) is 0. The van der Waals surface area contributed by atoms with Crippen molar-refractivity contribution in [1.29, 1.82) is 0 Å². The van der Waals surface area contributed by atoms with Crippen LogP contribution in [-0.2, 0) is 82.3 Å². The zero-order chi connectivity index (χ0) is 71.3. The normalized spacial score (nSPS) is 40.8. The standard InChI is InChI=1S/C15H38Si4.C13H36O5Si5.C12H32O11Si8.C11H30O4Si4/c1-10-15(2)19(9)13-17(5,6)11-16(3,4)12-18(7,8)14-19;1-12-13(2)23(11)17-21(7,8)15-19(3,4)14-20(5,6)16-22(9,10)18-23;1-10-12(2)11-31-21-27(6)14-24(3)13-25(4)16-26(5,17-27)19-30(9,23-31)29(8,18-25)20-28(7,15-24)22-31;1-10-11(2)19(9)14-17(5,6)12-16(3,4)13-18(7,8)15-19/h15H,10-14H2,1-9H3;13H,12H2,1-11H3;12H,10-11H2,1-9H3;11H,10H2,1-9H3. The molecule has 0 radical (unpaired) electrons. The first-order chi connectivity index (χ1) is 40.6. The van der Waals surface area contributed by atoms with Crippen LogP contribution < -0.4 is 0 Å². The molecule has 0 aromatic heterocycles. The van der Waals surface area contributed by atoms with Gasteiger partial charge in [-0.05, 0) is 140 Å². The van der Waals surface area contributed by atoms with Crippen molar-refractivity contribution in [2.45, 2.75) is 323 Å². The minimum absolute atomic E-state index is 0.293. The van der Waals surface area contributed by atoms with E-state index in [0.29, 0.717) is 23.0 Å². The molecule has 9 rings (SSSR count). The van der Waals surface area contributed by atoms with Gasteiger partial charge in [0.05, 0.1) is 0 Å². The average Bonchev–Trinajstić information content (AvgIpc) is 1.51. The molecular formula is C51H136O20Si21. The maximum absolute atomic E-state index is 6.98. The van der Waals surface area contributed by atoms with Gasteiger partial charge in [-0.2, -0.15) is 0 Å². The van der Waals surface area contributed by atoms with Crippen LogP contribution in [0.15, 0.2) is 0 Å². The molecule has 9 fully saturated rings. The number of rotatable bonds is 9. The molecule has 9 heterocycles. The molecule has 12 atom stereocenters. The summed E-state index contributed by atoms with van der Waals surface area (Å²) in [4.78, 5) is 0. The molecule has 0 N–H and O–H groups in total. The second-order valence-electron chi connectivity index (χ2n) is 35.3. The fraction of sp³-hybridized carbons (Fsp3) is 1.00. The monoisotopic (exact) mass is 1660 g/mol. The van der Waals surface area contributed by atoms with Gasteiger partial charge >= 0.3 is 146 Å². The van der Waals surface area contributed by atoms with Crippen LogP contribution in [0.5, 0.6) is 0 Å². The third-order valence-electron chi connectivity index (χ3n) is 18.9. The maximum atomic E-state index is 6.98. The van der Waals surface area contributed by atoms with Crippen LogP contribution in [-0.4, -0.2) is 178 Å². The van der Waals surface area contributed by atoms with Crippen LogP contribution in [0.4, 0.5) is 0 Å². The van der Waals surface area contributed by atoms with Crippen LogP contribution in [0, 0.1) is 5.92 Å². The summed E-state index contributed by atoms with van der Waals surface area (Å²) in [5.74, 6) is 0.293. The Kier molecular flexibility index (Phi) is 26.8. The molecule has 9 saturated heterocycles. The Morgan fingerprint density at radius 1 is 0.239 bits per heavy atom. The first-order valence-electron chi connectivity index (χ1n) is 34.6. The summed E-state index contributed by atoms with van der Waals surface area (Å²) < 4.78 is 132. The molecule has 8 bridgehead atoms. The molecule has 20 nitrogen and oxygen atoms in total. The minimum Gasteiger partial charge on any atom is -0.416 e. The molecule has 0 spiro atoms. The van der Waals surface area contributed by atoms with Gasteiger partial charge in [0.15, 0.2) is 0 Å². The molecule has 92 heavy (non-hydrogen) atoms. The highest BCUT2D eigenvalue weighted by Gasteiger charge is 2.83. The molecule has 9 aliphatic heterocycles. The van der Waals surface area contributed by atoms with Crippen molar-refractivity contribution in [3.05, 3.63) is 0 Å². The van der Waals surface area contributed by atoms with Gasteiger partial charge in [0.2, 0.25) is 0 Å². The van der Waals surface area contributed by atoms with Gasteiger partial charge in [-0.3, -0.25) is 0 Å². The summed E-state index contributed by atoms with van der Waals surface area (Å²) in [6.45, 7) is 84.2. The molecule has 9 aliphatic rings. The summed E-state index contributed by atoms with van der Waals surface area (Å²) in [5.41, 5.74) is 8.74. The van der Waals surface area contributed by atoms with E-state index in [-0.39, 0.29) is 0 Å². The van der Waals surface area contributed by atoms with Crippen LogP contribution in [0.3, 0.4) is 0 Å². The van der Waals surface area contributed by atoms with E-state index >= 15 is 0 Å². The van der Waals surface area contributed by atoms with Crippen LogP contribution in [0.1, 0.15) is 81.1 Å². The van der Waals surface area contributed by atoms with E-state index in [1.54, 1.807) is 22.7 Å². The van der Waals surface area contributed by atoms with Gasteiger partial charge in [0, 0.05) is 71.1 Å². The third-order valence-corrected chi connectivity index (χ3v) is 133. The highest BCUT2D eigenvalue weighted by atomic mass is 29.3. The summed E-state index contributed by atoms with van der Waals surface area (Å²) in [6, 6.07) is 0.595. The summed E-state index contributed by atoms with van der Waals surface area (Å²) in [7, 11) is -50.9. The van der Waals surface area contributed by atoms with E-state index < -0.39 is 178 Å². The topological polar surface area (TPSA) is 185 Å².